The minimum absolute atomic E-state index is 0.0452. The summed E-state index contributed by atoms with van der Waals surface area (Å²) in [5, 5.41) is 3.28. The van der Waals surface area contributed by atoms with E-state index in [2.05, 4.69) is 10.3 Å². The molecule has 1 aromatic heterocycles. The first kappa shape index (κ1) is 22.5. The summed E-state index contributed by atoms with van der Waals surface area (Å²) in [6.07, 6.45) is -3.65. The molecule has 1 aliphatic rings. The molecule has 0 radical (unpaired) electrons. The number of carbonyl (C=O) groups excluding carboxylic acids is 2. The highest BCUT2D eigenvalue weighted by Crippen LogP contribution is 2.29. The van der Waals surface area contributed by atoms with Crippen molar-refractivity contribution in [3.8, 4) is 0 Å². The third-order valence-electron chi connectivity index (χ3n) is 4.01. The molecule has 28 heavy (non-hydrogen) atoms. The van der Waals surface area contributed by atoms with Crippen LogP contribution < -0.4 is 5.32 Å². The van der Waals surface area contributed by atoms with Crippen LogP contribution in [-0.4, -0.2) is 70.6 Å². The fourth-order valence-corrected chi connectivity index (χ4v) is 3.42. The highest BCUT2D eigenvalue weighted by Gasteiger charge is 2.30. The number of hydrogen-bond donors (Lipinski definition) is 1. The van der Waals surface area contributed by atoms with Crippen LogP contribution in [0.5, 0.6) is 0 Å². The number of halogens is 3. The van der Waals surface area contributed by atoms with Gasteiger partial charge in [-0.3, -0.25) is 14.5 Å². The van der Waals surface area contributed by atoms with Crippen LogP contribution in [0.3, 0.4) is 0 Å². The van der Waals surface area contributed by atoms with Gasteiger partial charge in [0.15, 0.2) is 0 Å². The van der Waals surface area contributed by atoms with Crippen LogP contribution in [0.4, 0.5) is 13.2 Å². The summed E-state index contributed by atoms with van der Waals surface area (Å²) in [6.45, 7) is 8.30. The highest BCUT2D eigenvalue weighted by molar-refractivity contribution is 7.99. The molecule has 0 atom stereocenters. The Balaban J connectivity index is 1.74. The first-order valence-corrected chi connectivity index (χ1v) is 9.90. The Kier molecular flexibility index (Phi) is 7.33. The largest absolute Gasteiger partial charge is 0.417 e. The minimum Gasteiger partial charge on any atom is -0.350 e. The van der Waals surface area contributed by atoms with Crippen molar-refractivity contribution in [2.24, 2.45) is 0 Å². The van der Waals surface area contributed by atoms with Gasteiger partial charge in [0.2, 0.25) is 11.8 Å². The number of hydrogen-bond acceptors (Lipinski definition) is 5. The second kappa shape index (κ2) is 9.13. The summed E-state index contributed by atoms with van der Waals surface area (Å²) in [4.78, 5) is 31.7. The van der Waals surface area contributed by atoms with Crippen molar-refractivity contribution in [1.29, 1.82) is 0 Å². The zero-order valence-electron chi connectivity index (χ0n) is 16.2. The lowest BCUT2D eigenvalue weighted by molar-refractivity contribution is -0.138. The van der Waals surface area contributed by atoms with E-state index in [1.807, 2.05) is 25.7 Å². The van der Waals surface area contributed by atoms with Crippen LogP contribution in [0, 0.1) is 0 Å². The van der Waals surface area contributed by atoms with Crippen molar-refractivity contribution >= 4 is 23.6 Å². The normalized spacial score (nSPS) is 16.1. The second-order valence-corrected chi connectivity index (χ2v) is 8.62. The van der Waals surface area contributed by atoms with Crippen molar-refractivity contribution in [2.45, 2.75) is 37.5 Å². The molecule has 0 bridgehead atoms. The van der Waals surface area contributed by atoms with Crippen molar-refractivity contribution < 1.29 is 22.8 Å². The van der Waals surface area contributed by atoms with Gasteiger partial charge in [-0.2, -0.15) is 13.2 Å². The Bertz CT molecular complexity index is 682. The van der Waals surface area contributed by atoms with E-state index in [9.17, 15) is 22.8 Å². The maximum absolute atomic E-state index is 12.5. The standard InChI is InChI=1S/C18H25F3N4O2S/c1-17(2,3)23-14(26)11-24-6-8-25(9-7-24)16(27)12-28-15-5-4-13(10-22-15)18(19,20)21/h4-5,10H,6-9,11-12H2,1-3H3,(H,23,26). The van der Waals surface area contributed by atoms with E-state index in [0.29, 0.717) is 37.7 Å². The third-order valence-corrected chi connectivity index (χ3v) is 4.94. The number of pyridine rings is 1. The molecule has 6 nitrogen and oxygen atoms in total. The maximum Gasteiger partial charge on any atom is 0.417 e. The molecule has 1 aromatic rings. The number of rotatable bonds is 5. The van der Waals surface area contributed by atoms with E-state index >= 15 is 0 Å². The van der Waals surface area contributed by atoms with Gasteiger partial charge in [0.25, 0.3) is 0 Å². The zero-order valence-corrected chi connectivity index (χ0v) is 17.0. The van der Waals surface area contributed by atoms with Crippen molar-refractivity contribution in [3.63, 3.8) is 0 Å². The Morgan fingerprint density at radius 1 is 1.14 bits per heavy atom. The molecule has 10 heteroatoms. The van der Waals surface area contributed by atoms with E-state index in [1.54, 1.807) is 4.90 Å². The first-order chi connectivity index (χ1) is 12.9. The SMILES string of the molecule is CC(C)(C)NC(=O)CN1CCN(C(=O)CSc2ccc(C(F)(F)F)cn2)CC1. The number of piperazine rings is 1. The molecule has 0 spiro atoms. The lowest BCUT2D eigenvalue weighted by Crippen LogP contribution is -2.53. The topological polar surface area (TPSA) is 65.5 Å². The van der Waals surface area contributed by atoms with E-state index in [0.717, 1.165) is 24.0 Å². The summed E-state index contributed by atoms with van der Waals surface area (Å²) in [6, 6.07) is 2.23. The Morgan fingerprint density at radius 2 is 1.79 bits per heavy atom. The van der Waals surface area contributed by atoms with Crippen molar-refractivity contribution in [1.82, 2.24) is 20.1 Å². The fourth-order valence-electron chi connectivity index (χ4n) is 2.68. The summed E-state index contributed by atoms with van der Waals surface area (Å²) in [7, 11) is 0. The molecule has 1 aliphatic heterocycles. The molecule has 2 amide bonds. The van der Waals surface area contributed by atoms with Crippen molar-refractivity contribution in [2.75, 3.05) is 38.5 Å². The van der Waals surface area contributed by atoms with E-state index < -0.39 is 11.7 Å². The molecule has 0 aromatic carbocycles. The molecule has 2 heterocycles. The molecule has 0 saturated carbocycles. The summed E-state index contributed by atoms with van der Waals surface area (Å²) in [5.41, 5.74) is -1.09. The van der Waals surface area contributed by atoms with Crippen LogP contribution in [-0.2, 0) is 15.8 Å². The first-order valence-electron chi connectivity index (χ1n) is 8.91. The summed E-state index contributed by atoms with van der Waals surface area (Å²) < 4.78 is 37.6. The molecular formula is C18H25F3N4O2S. The van der Waals surface area contributed by atoms with Crippen LogP contribution in [0.15, 0.2) is 23.4 Å². The Hall–Kier alpha value is -1.81. The number of amides is 2. The van der Waals surface area contributed by atoms with E-state index in [-0.39, 0.29) is 23.1 Å². The number of aromatic nitrogens is 1. The lowest BCUT2D eigenvalue weighted by atomic mass is 10.1. The van der Waals surface area contributed by atoms with Gasteiger partial charge >= 0.3 is 6.18 Å². The Morgan fingerprint density at radius 3 is 2.29 bits per heavy atom. The molecular weight excluding hydrogens is 393 g/mol. The fraction of sp³-hybridized carbons (Fsp3) is 0.611. The van der Waals surface area contributed by atoms with Gasteiger partial charge in [0, 0.05) is 37.9 Å². The molecule has 1 N–H and O–H groups in total. The average Bonchev–Trinajstić information content (AvgIpc) is 2.58. The van der Waals surface area contributed by atoms with Crippen LogP contribution >= 0.6 is 11.8 Å². The van der Waals surface area contributed by atoms with Crippen molar-refractivity contribution in [3.05, 3.63) is 23.9 Å². The van der Waals surface area contributed by atoms with Gasteiger partial charge < -0.3 is 10.2 Å². The van der Waals surface area contributed by atoms with Gasteiger partial charge in [-0.15, -0.1) is 0 Å². The number of nitrogens with one attached hydrogen (secondary N) is 1. The highest BCUT2D eigenvalue weighted by atomic mass is 32.2. The van der Waals surface area contributed by atoms with Crippen LogP contribution in [0.1, 0.15) is 26.3 Å². The minimum atomic E-state index is -4.42. The van der Waals surface area contributed by atoms with Gasteiger partial charge in [-0.05, 0) is 32.9 Å². The van der Waals surface area contributed by atoms with Gasteiger partial charge in [0.1, 0.15) is 0 Å². The quantitative estimate of drug-likeness (QED) is 0.743. The molecule has 1 fully saturated rings. The number of nitrogens with zero attached hydrogens (tertiary/aromatic N) is 3. The second-order valence-electron chi connectivity index (χ2n) is 7.63. The summed E-state index contributed by atoms with van der Waals surface area (Å²) >= 11 is 1.11. The molecule has 0 aliphatic carbocycles. The number of carbonyl (C=O) groups is 2. The maximum atomic E-state index is 12.5. The Labute approximate surface area is 166 Å². The number of alkyl halides is 3. The van der Waals surface area contributed by atoms with Gasteiger partial charge in [-0.1, -0.05) is 11.8 Å². The molecule has 2 rings (SSSR count). The molecule has 156 valence electrons. The van der Waals surface area contributed by atoms with Crippen LogP contribution in [0.25, 0.3) is 0 Å². The van der Waals surface area contributed by atoms with E-state index in [4.69, 9.17) is 0 Å². The zero-order chi connectivity index (χ0) is 20.9. The lowest BCUT2D eigenvalue weighted by Gasteiger charge is -2.34. The molecule has 1 saturated heterocycles. The monoisotopic (exact) mass is 418 g/mol. The summed E-state index contributed by atoms with van der Waals surface area (Å²) in [5.74, 6) is -0.0234. The van der Waals surface area contributed by atoms with Gasteiger partial charge in [-0.25, -0.2) is 4.98 Å². The number of thioether (sulfide) groups is 1. The molecule has 0 unspecified atom stereocenters. The van der Waals surface area contributed by atoms with E-state index in [1.165, 1.54) is 6.07 Å². The smallest absolute Gasteiger partial charge is 0.350 e. The predicted octanol–water partition coefficient (Wildman–Crippen LogP) is 2.25. The van der Waals surface area contributed by atoms with Gasteiger partial charge in [0.05, 0.1) is 22.9 Å². The third kappa shape index (κ3) is 7.31. The van der Waals surface area contributed by atoms with Crippen LogP contribution in [0.2, 0.25) is 0 Å². The predicted molar refractivity (Wildman–Crippen MR) is 101 cm³/mol. The average molecular weight is 418 g/mol.